The van der Waals surface area contributed by atoms with E-state index in [1.165, 1.54) is 0 Å². The first-order valence-electron chi connectivity index (χ1n) is 6.77. The van der Waals surface area contributed by atoms with Crippen LogP contribution in [0.15, 0.2) is 39.4 Å². The summed E-state index contributed by atoms with van der Waals surface area (Å²) < 4.78 is 5.88. The molecule has 0 radical (unpaired) electrons. The SMILES string of the molecule is CC(=O)c1ccc2c(c1)CCCN2C(=O)c1ccc(Br)o1. The molecule has 0 spiro atoms. The van der Waals surface area contributed by atoms with Crippen molar-refractivity contribution in [1.29, 1.82) is 0 Å². The smallest absolute Gasteiger partial charge is 0.294 e. The first kappa shape index (κ1) is 14.1. The first-order valence-corrected chi connectivity index (χ1v) is 7.56. The van der Waals surface area contributed by atoms with E-state index < -0.39 is 0 Å². The second-order valence-corrected chi connectivity index (χ2v) is 5.85. The lowest BCUT2D eigenvalue weighted by Gasteiger charge is -2.29. The van der Waals surface area contributed by atoms with Crippen molar-refractivity contribution in [3.8, 4) is 0 Å². The standard InChI is InChI=1S/C16H14BrNO3/c1-10(19)11-4-5-13-12(9-11)3-2-8-18(13)16(20)14-6-7-15(17)21-14/h4-7,9H,2-3,8H2,1H3. The average molecular weight is 348 g/mol. The number of amides is 1. The van der Waals surface area contributed by atoms with Crippen LogP contribution in [0.3, 0.4) is 0 Å². The maximum Gasteiger partial charge on any atom is 0.294 e. The molecule has 0 saturated carbocycles. The molecule has 1 aromatic heterocycles. The number of halogens is 1. The lowest BCUT2D eigenvalue weighted by molar-refractivity contribution is 0.0956. The molecule has 1 aromatic carbocycles. The molecule has 5 heteroatoms. The van der Waals surface area contributed by atoms with Gasteiger partial charge in [-0.2, -0.15) is 0 Å². The number of fused-ring (bicyclic) bond motifs is 1. The number of anilines is 1. The zero-order chi connectivity index (χ0) is 15.0. The van der Waals surface area contributed by atoms with Crippen molar-refractivity contribution in [3.63, 3.8) is 0 Å². The van der Waals surface area contributed by atoms with E-state index in [9.17, 15) is 9.59 Å². The predicted octanol–water partition coefficient (Wildman–Crippen LogP) is 3.84. The number of aryl methyl sites for hydroxylation is 1. The number of rotatable bonds is 2. The molecule has 0 bridgehead atoms. The summed E-state index contributed by atoms with van der Waals surface area (Å²) >= 11 is 3.21. The quantitative estimate of drug-likeness (QED) is 0.775. The molecule has 0 saturated heterocycles. The van der Waals surface area contributed by atoms with Gasteiger partial charge in [0.05, 0.1) is 0 Å². The Morgan fingerprint density at radius 1 is 1.24 bits per heavy atom. The summed E-state index contributed by atoms with van der Waals surface area (Å²) in [7, 11) is 0. The molecule has 2 heterocycles. The van der Waals surface area contributed by atoms with Crippen molar-refractivity contribution >= 4 is 33.3 Å². The molecule has 0 unspecified atom stereocenters. The summed E-state index contributed by atoms with van der Waals surface area (Å²) in [5.74, 6) is 0.193. The molecule has 3 rings (SSSR count). The number of nitrogens with zero attached hydrogens (tertiary/aromatic N) is 1. The fourth-order valence-corrected chi connectivity index (χ4v) is 2.90. The molecule has 2 aromatic rings. The van der Waals surface area contributed by atoms with Crippen LogP contribution in [0.1, 0.15) is 39.8 Å². The third kappa shape index (κ3) is 2.65. The molecular formula is C16H14BrNO3. The van der Waals surface area contributed by atoms with Gasteiger partial charge in [0, 0.05) is 17.8 Å². The molecule has 1 aliphatic heterocycles. The first-order chi connectivity index (χ1) is 10.1. The zero-order valence-electron chi connectivity index (χ0n) is 11.6. The van der Waals surface area contributed by atoms with Crippen LogP contribution in [-0.2, 0) is 6.42 Å². The fraction of sp³-hybridized carbons (Fsp3) is 0.250. The van der Waals surface area contributed by atoms with Crippen LogP contribution in [0.2, 0.25) is 0 Å². The van der Waals surface area contributed by atoms with E-state index in [1.54, 1.807) is 30.0 Å². The Morgan fingerprint density at radius 2 is 2.05 bits per heavy atom. The second-order valence-electron chi connectivity index (χ2n) is 5.06. The van der Waals surface area contributed by atoms with Gasteiger partial charge in [-0.25, -0.2) is 0 Å². The minimum absolute atomic E-state index is 0.0382. The number of carbonyl (C=O) groups is 2. The van der Waals surface area contributed by atoms with Gasteiger partial charge < -0.3 is 9.32 Å². The maximum atomic E-state index is 12.5. The van der Waals surface area contributed by atoms with Gasteiger partial charge in [-0.3, -0.25) is 9.59 Å². The van der Waals surface area contributed by atoms with E-state index in [-0.39, 0.29) is 11.7 Å². The van der Waals surface area contributed by atoms with E-state index in [1.807, 2.05) is 12.1 Å². The third-order valence-corrected chi connectivity index (χ3v) is 4.06. The number of hydrogen-bond donors (Lipinski definition) is 0. The average Bonchev–Trinajstić information content (AvgIpc) is 2.91. The lowest BCUT2D eigenvalue weighted by atomic mass is 9.98. The molecule has 108 valence electrons. The number of hydrogen-bond acceptors (Lipinski definition) is 3. The highest BCUT2D eigenvalue weighted by atomic mass is 79.9. The van der Waals surface area contributed by atoms with Crippen LogP contribution < -0.4 is 4.90 Å². The number of ketones is 1. The minimum Gasteiger partial charge on any atom is -0.444 e. The van der Waals surface area contributed by atoms with Crippen molar-refractivity contribution in [1.82, 2.24) is 0 Å². The summed E-state index contributed by atoms with van der Waals surface area (Å²) in [6.07, 6.45) is 1.75. The molecule has 0 aliphatic carbocycles. The van der Waals surface area contributed by atoms with Crippen LogP contribution >= 0.6 is 15.9 Å². The Balaban J connectivity index is 1.97. The van der Waals surface area contributed by atoms with Crippen molar-refractivity contribution in [2.75, 3.05) is 11.4 Å². The molecule has 0 fully saturated rings. The van der Waals surface area contributed by atoms with E-state index in [0.717, 1.165) is 24.1 Å². The number of benzene rings is 1. The van der Waals surface area contributed by atoms with Gasteiger partial charge >= 0.3 is 0 Å². The van der Waals surface area contributed by atoms with E-state index in [4.69, 9.17) is 4.42 Å². The number of carbonyl (C=O) groups excluding carboxylic acids is 2. The number of furan rings is 1. The number of Topliss-reactive ketones (excluding diaryl/α,β-unsaturated/α-hetero) is 1. The molecule has 0 N–H and O–H groups in total. The van der Waals surface area contributed by atoms with Gasteiger partial charge in [0.1, 0.15) is 0 Å². The van der Waals surface area contributed by atoms with Crippen molar-refractivity contribution in [2.24, 2.45) is 0 Å². The Labute approximate surface area is 130 Å². The molecular weight excluding hydrogens is 334 g/mol. The van der Waals surface area contributed by atoms with Gasteiger partial charge in [0.25, 0.3) is 5.91 Å². The van der Waals surface area contributed by atoms with E-state index >= 15 is 0 Å². The largest absolute Gasteiger partial charge is 0.444 e. The van der Waals surface area contributed by atoms with Gasteiger partial charge in [0.15, 0.2) is 16.2 Å². The van der Waals surface area contributed by atoms with Crippen LogP contribution in [0.5, 0.6) is 0 Å². The summed E-state index contributed by atoms with van der Waals surface area (Å²) in [6.45, 7) is 2.21. The Hall–Kier alpha value is -1.88. The van der Waals surface area contributed by atoms with Crippen LogP contribution in [0, 0.1) is 0 Å². The fourth-order valence-electron chi connectivity index (χ4n) is 2.59. The van der Waals surface area contributed by atoms with E-state index in [2.05, 4.69) is 15.9 Å². The Bertz CT molecular complexity index is 720. The maximum absolute atomic E-state index is 12.5. The summed E-state index contributed by atoms with van der Waals surface area (Å²) in [5.41, 5.74) is 2.58. The zero-order valence-corrected chi connectivity index (χ0v) is 13.1. The molecule has 0 atom stereocenters. The summed E-state index contributed by atoms with van der Waals surface area (Å²) in [5, 5.41) is 0. The lowest BCUT2D eigenvalue weighted by Crippen LogP contribution is -2.35. The van der Waals surface area contributed by atoms with Crippen LogP contribution in [-0.4, -0.2) is 18.2 Å². The minimum atomic E-state index is -0.155. The van der Waals surface area contributed by atoms with E-state index in [0.29, 0.717) is 22.5 Å². The van der Waals surface area contributed by atoms with Gasteiger partial charge in [-0.15, -0.1) is 0 Å². The van der Waals surface area contributed by atoms with Gasteiger partial charge in [-0.1, -0.05) is 0 Å². The third-order valence-electron chi connectivity index (χ3n) is 3.63. The molecule has 21 heavy (non-hydrogen) atoms. The van der Waals surface area contributed by atoms with Crippen molar-refractivity contribution in [2.45, 2.75) is 19.8 Å². The second kappa shape index (κ2) is 5.48. The van der Waals surface area contributed by atoms with Gasteiger partial charge in [0.2, 0.25) is 0 Å². The van der Waals surface area contributed by atoms with Crippen LogP contribution in [0.4, 0.5) is 5.69 Å². The van der Waals surface area contributed by atoms with Crippen molar-refractivity contribution < 1.29 is 14.0 Å². The highest BCUT2D eigenvalue weighted by Crippen LogP contribution is 2.30. The Morgan fingerprint density at radius 3 is 2.71 bits per heavy atom. The topological polar surface area (TPSA) is 50.5 Å². The molecule has 1 amide bonds. The van der Waals surface area contributed by atoms with Crippen molar-refractivity contribution in [3.05, 3.63) is 51.9 Å². The Kier molecular flexibility index (Phi) is 3.68. The summed E-state index contributed by atoms with van der Waals surface area (Å²) in [6, 6.07) is 8.86. The monoisotopic (exact) mass is 347 g/mol. The van der Waals surface area contributed by atoms with Crippen LogP contribution in [0.25, 0.3) is 0 Å². The predicted molar refractivity (Wildman–Crippen MR) is 82.9 cm³/mol. The molecule has 4 nitrogen and oxygen atoms in total. The normalized spacial score (nSPS) is 13.9. The van der Waals surface area contributed by atoms with Gasteiger partial charge in [-0.05, 0) is 71.6 Å². The highest BCUT2D eigenvalue weighted by Gasteiger charge is 2.26. The highest BCUT2D eigenvalue weighted by molar-refractivity contribution is 9.10. The molecule has 1 aliphatic rings. The summed E-state index contributed by atoms with van der Waals surface area (Å²) in [4.78, 5) is 25.7.